The first-order valence-electron chi connectivity index (χ1n) is 6.75. The van der Waals surface area contributed by atoms with Crippen LogP contribution < -0.4 is 0 Å². The zero-order valence-electron chi connectivity index (χ0n) is 11.4. The van der Waals surface area contributed by atoms with E-state index in [0.717, 1.165) is 17.3 Å². The minimum atomic E-state index is -0.477. The fraction of sp³-hybridized carbons (Fsp3) is 0.500. The highest BCUT2D eigenvalue weighted by atomic mass is 79.9. The molecule has 0 radical (unpaired) electrons. The summed E-state index contributed by atoms with van der Waals surface area (Å²) < 4.78 is 14.6. The van der Waals surface area contributed by atoms with E-state index in [0.29, 0.717) is 17.9 Å². The summed E-state index contributed by atoms with van der Waals surface area (Å²) in [5.74, 6) is 0.498. The van der Waals surface area contributed by atoms with Crippen molar-refractivity contribution in [2.75, 3.05) is 0 Å². The topological polar surface area (TPSA) is 20.2 Å². The molecule has 0 aromatic heterocycles. The molecule has 1 N–H and O–H groups in total. The minimum Gasteiger partial charge on any atom is -0.392 e. The molecule has 3 atom stereocenters. The fourth-order valence-corrected chi connectivity index (χ4v) is 3.39. The van der Waals surface area contributed by atoms with Crippen LogP contribution >= 0.6 is 15.9 Å². The molecule has 1 aliphatic carbocycles. The third-order valence-electron chi connectivity index (χ3n) is 3.81. The van der Waals surface area contributed by atoms with Crippen molar-refractivity contribution in [2.45, 2.75) is 39.2 Å². The first-order chi connectivity index (χ1) is 8.95. The Kier molecular flexibility index (Phi) is 4.80. The molecule has 1 aliphatic rings. The van der Waals surface area contributed by atoms with E-state index in [-0.39, 0.29) is 11.7 Å². The first kappa shape index (κ1) is 14.7. The van der Waals surface area contributed by atoms with Gasteiger partial charge in [0, 0.05) is 10.9 Å². The summed E-state index contributed by atoms with van der Waals surface area (Å²) in [6.45, 7) is 4.27. The fourth-order valence-electron chi connectivity index (χ4n) is 2.98. The number of rotatable bonds is 3. The molecule has 0 fully saturated rings. The summed E-state index contributed by atoms with van der Waals surface area (Å²) in [6, 6.07) is 4.88. The molecular weight excluding hydrogens is 307 g/mol. The molecule has 3 heteroatoms. The van der Waals surface area contributed by atoms with E-state index >= 15 is 0 Å². The summed E-state index contributed by atoms with van der Waals surface area (Å²) in [5.41, 5.74) is 1.92. The predicted molar refractivity (Wildman–Crippen MR) is 79.5 cm³/mol. The Morgan fingerprint density at radius 1 is 1.47 bits per heavy atom. The molecule has 0 saturated carbocycles. The van der Waals surface area contributed by atoms with E-state index in [1.807, 2.05) is 0 Å². The first-order valence-corrected chi connectivity index (χ1v) is 7.54. The third-order valence-corrected chi connectivity index (χ3v) is 4.30. The summed E-state index contributed by atoms with van der Waals surface area (Å²) in [7, 11) is 0. The Balaban J connectivity index is 2.07. The Labute approximate surface area is 122 Å². The van der Waals surface area contributed by atoms with Crippen molar-refractivity contribution in [2.24, 2.45) is 11.8 Å². The highest BCUT2D eigenvalue weighted by Gasteiger charge is 2.25. The molecule has 104 valence electrons. The van der Waals surface area contributed by atoms with Crippen molar-refractivity contribution in [1.82, 2.24) is 0 Å². The maximum absolute atomic E-state index is 13.7. The van der Waals surface area contributed by atoms with Gasteiger partial charge < -0.3 is 5.11 Å². The number of allylic oxidation sites excluding steroid dienone is 2. The highest BCUT2D eigenvalue weighted by molar-refractivity contribution is 9.10. The summed E-state index contributed by atoms with van der Waals surface area (Å²) >= 11 is 3.34. The number of aliphatic hydroxyl groups is 1. The smallest absolute Gasteiger partial charge is 0.126 e. The molecule has 0 aliphatic heterocycles. The van der Waals surface area contributed by atoms with Crippen molar-refractivity contribution in [3.8, 4) is 0 Å². The van der Waals surface area contributed by atoms with Gasteiger partial charge in [0.1, 0.15) is 5.82 Å². The molecule has 0 heterocycles. The number of hydrogen-bond acceptors (Lipinski definition) is 1. The molecule has 1 aromatic rings. The van der Waals surface area contributed by atoms with Crippen molar-refractivity contribution in [1.29, 1.82) is 0 Å². The molecule has 0 amide bonds. The van der Waals surface area contributed by atoms with Crippen LogP contribution in [0.3, 0.4) is 0 Å². The Bertz CT molecular complexity index is 484. The van der Waals surface area contributed by atoms with Crippen molar-refractivity contribution < 1.29 is 9.50 Å². The van der Waals surface area contributed by atoms with Gasteiger partial charge in [-0.05, 0) is 55.4 Å². The molecule has 0 bridgehead atoms. The Morgan fingerprint density at radius 2 is 2.21 bits per heavy atom. The van der Waals surface area contributed by atoms with Gasteiger partial charge in [0.05, 0.1) is 6.10 Å². The van der Waals surface area contributed by atoms with Gasteiger partial charge in [-0.3, -0.25) is 0 Å². The van der Waals surface area contributed by atoms with Crippen molar-refractivity contribution in [3.63, 3.8) is 0 Å². The van der Waals surface area contributed by atoms with E-state index in [4.69, 9.17) is 0 Å². The van der Waals surface area contributed by atoms with Crippen molar-refractivity contribution in [3.05, 3.63) is 45.7 Å². The summed E-state index contributed by atoms with van der Waals surface area (Å²) in [4.78, 5) is 0. The van der Waals surface area contributed by atoms with Crippen molar-refractivity contribution >= 4 is 15.9 Å². The molecule has 0 saturated heterocycles. The predicted octanol–water partition coefficient (Wildman–Crippen LogP) is 4.48. The molecule has 3 unspecified atom stereocenters. The van der Waals surface area contributed by atoms with E-state index in [9.17, 15) is 9.50 Å². The Hall–Kier alpha value is -0.670. The summed E-state index contributed by atoms with van der Waals surface area (Å²) in [5, 5.41) is 10.4. The van der Waals surface area contributed by atoms with E-state index in [2.05, 4.69) is 35.9 Å². The maximum Gasteiger partial charge on any atom is 0.126 e. The van der Waals surface area contributed by atoms with Gasteiger partial charge in [0.25, 0.3) is 0 Å². The average Bonchev–Trinajstić information content (AvgIpc) is 2.32. The monoisotopic (exact) mass is 326 g/mol. The molecule has 2 rings (SSSR count). The van der Waals surface area contributed by atoms with Crippen LogP contribution in [-0.4, -0.2) is 11.2 Å². The van der Waals surface area contributed by atoms with Gasteiger partial charge in [-0.2, -0.15) is 0 Å². The van der Waals surface area contributed by atoms with E-state index in [1.165, 1.54) is 11.6 Å². The largest absolute Gasteiger partial charge is 0.392 e. The van der Waals surface area contributed by atoms with Crippen LogP contribution in [0.1, 0.15) is 32.3 Å². The number of benzene rings is 1. The SMILES string of the molecule is CC1=CC(C)CC(C(O)Cc2cc(Br)ccc2F)C1. The molecule has 0 spiro atoms. The average molecular weight is 327 g/mol. The Morgan fingerprint density at radius 3 is 2.89 bits per heavy atom. The van der Waals surface area contributed by atoms with E-state index in [1.54, 1.807) is 12.1 Å². The van der Waals surface area contributed by atoms with E-state index < -0.39 is 6.10 Å². The van der Waals surface area contributed by atoms with Gasteiger partial charge in [-0.15, -0.1) is 0 Å². The number of hydrogen-bond donors (Lipinski definition) is 1. The van der Waals surface area contributed by atoms with Gasteiger partial charge in [0.15, 0.2) is 0 Å². The van der Waals surface area contributed by atoms with Crippen LogP contribution in [0, 0.1) is 17.7 Å². The van der Waals surface area contributed by atoms with Crippen LogP contribution in [0.2, 0.25) is 0 Å². The van der Waals surface area contributed by atoms with Gasteiger partial charge >= 0.3 is 0 Å². The van der Waals surface area contributed by atoms with Crippen LogP contribution in [0.5, 0.6) is 0 Å². The lowest BCUT2D eigenvalue weighted by atomic mass is 9.79. The second-order valence-corrected chi connectivity index (χ2v) is 6.61. The minimum absolute atomic E-state index is 0.235. The zero-order chi connectivity index (χ0) is 14.0. The normalized spacial score (nSPS) is 25.0. The molecule has 1 aromatic carbocycles. The standard InChI is InChI=1S/C16H20BrFO/c1-10-5-11(2)7-13(6-10)16(19)9-12-8-14(17)3-4-15(12)18/h3-5,8,10,13,16,19H,6-7,9H2,1-2H3. The lowest BCUT2D eigenvalue weighted by molar-refractivity contribution is 0.0924. The number of aliphatic hydroxyl groups excluding tert-OH is 1. The molecule has 1 nitrogen and oxygen atoms in total. The second kappa shape index (κ2) is 6.19. The van der Waals surface area contributed by atoms with Crippen LogP contribution in [0.15, 0.2) is 34.3 Å². The zero-order valence-corrected chi connectivity index (χ0v) is 13.0. The summed E-state index contributed by atoms with van der Waals surface area (Å²) in [6.07, 6.45) is 4.07. The van der Waals surface area contributed by atoms with Crippen LogP contribution in [0.4, 0.5) is 4.39 Å². The van der Waals surface area contributed by atoms with Crippen LogP contribution in [-0.2, 0) is 6.42 Å². The lowest BCUT2D eigenvalue weighted by Gasteiger charge is -2.29. The van der Waals surface area contributed by atoms with Gasteiger partial charge in [0.2, 0.25) is 0 Å². The molecular formula is C16H20BrFO. The molecule has 19 heavy (non-hydrogen) atoms. The number of halogens is 2. The lowest BCUT2D eigenvalue weighted by Crippen LogP contribution is -2.27. The van der Waals surface area contributed by atoms with Gasteiger partial charge in [-0.25, -0.2) is 4.39 Å². The highest BCUT2D eigenvalue weighted by Crippen LogP contribution is 2.31. The van der Waals surface area contributed by atoms with Gasteiger partial charge in [-0.1, -0.05) is 34.5 Å². The second-order valence-electron chi connectivity index (χ2n) is 5.70. The third kappa shape index (κ3) is 3.90. The quantitative estimate of drug-likeness (QED) is 0.812. The van der Waals surface area contributed by atoms with Crippen LogP contribution in [0.25, 0.3) is 0 Å². The maximum atomic E-state index is 13.7.